The summed E-state index contributed by atoms with van der Waals surface area (Å²) >= 11 is 1.40. The maximum absolute atomic E-state index is 13.0. The minimum absolute atomic E-state index is 0.0208. The van der Waals surface area contributed by atoms with Crippen molar-refractivity contribution in [3.63, 3.8) is 0 Å². The predicted molar refractivity (Wildman–Crippen MR) is 103 cm³/mol. The smallest absolute Gasteiger partial charge is 0.257 e. The molecule has 0 saturated carbocycles. The zero-order chi connectivity index (χ0) is 18.9. The largest absolute Gasteiger partial charge is 0.298 e. The third-order valence-corrected chi connectivity index (χ3v) is 7.69. The van der Waals surface area contributed by atoms with Gasteiger partial charge >= 0.3 is 0 Å². The van der Waals surface area contributed by atoms with Gasteiger partial charge in [-0.1, -0.05) is 12.5 Å². The molecule has 2 aromatic rings. The van der Waals surface area contributed by atoms with Crippen molar-refractivity contribution in [1.29, 1.82) is 0 Å². The zero-order valence-corrected chi connectivity index (χ0v) is 16.8. The van der Waals surface area contributed by atoms with Crippen molar-refractivity contribution in [3.05, 3.63) is 40.4 Å². The summed E-state index contributed by atoms with van der Waals surface area (Å²) in [5.74, 6) is -0.359. The second kappa shape index (κ2) is 7.46. The average molecular weight is 394 g/mol. The Labute approximate surface area is 158 Å². The highest BCUT2D eigenvalue weighted by molar-refractivity contribution is 7.89. The van der Waals surface area contributed by atoms with E-state index < -0.39 is 10.0 Å². The van der Waals surface area contributed by atoms with Crippen LogP contribution in [0, 0.1) is 13.8 Å². The van der Waals surface area contributed by atoms with Crippen LogP contribution in [0.1, 0.15) is 47.1 Å². The fourth-order valence-electron chi connectivity index (χ4n) is 3.06. The molecule has 1 atom stereocenters. The second-order valence-corrected chi connectivity index (χ2v) is 9.70. The molecular formula is C18H23N3O3S2. The molecule has 1 aromatic heterocycles. The summed E-state index contributed by atoms with van der Waals surface area (Å²) in [5, 5.41) is 3.26. The molecule has 1 aromatic carbocycles. The molecule has 1 aliphatic heterocycles. The molecule has 1 amide bonds. The Morgan fingerprint density at radius 2 is 2.08 bits per heavy atom. The van der Waals surface area contributed by atoms with E-state index in [4.69, 9.17) is 0 Å². The third kappa shape index (κ3) is 3.82. The molecule has 1 N–H and O–H groups in total. The van der Waals surface area contributed by atoms with Gasteiger partial charge in [-0.15, -0.1) is 11.3 Å². The summed E-state index contributed by atoms with van der Waals surface area (Å²) in [4.78, 5) is 18.0. The second-order valence-electron chi connectivity index (χ2n) is 6.60. The van der Waals surface area contributed by atoms with E-state index in [0.29, 0.717) is 17.2 Å². The number of nitrogens with one attached hydrogen (secondary N) is 1. The standard InChI is InChI=1S/C18H23N3O3S2/c1-12-7-4-5-10-21(12)26(23,24)16-9-6-8-15(11-16)17(22)20-18-19-13(2)14(3)25-18/h6,8-9,11-12H,4-5,7,10H2,1-3H3,(H,19,20,22). The summed E-state index contributed by atoms with van der Waals surface area (Å²) in [6, 6.07) is 6.19. The number of anilines is 1. The van der Waals surface area contributed by atoms with Crippen molar-refractivity contribution in [2.45, 2.75) is 51.0 Å². The maximum Gasteiger partial charge on any atom is 0.257 e. The van der Waals surface area contributed by atoms with E-state index in [0.717, 1.165) is 29.8 Å². The highest BCUT2D eigenvalue weighted by Gasteiger charge is 2.31. The Morgan fingerprint density at radius 3 is 2.73 bits per heavy atom. The van der Waals surface area contributed by atoms with Gasteiger partial charge in [-0.3, -0.25) is 10.1 Å². The lowest BCUT2D eigenvalue weighted by molar-refractivity contribution is 0.102. The topological polar surface area (TPSA) is 79.4 Å². The molecule has 0 radical (unpaired) electrons. The average Bonchev–Trinajstić information content (AvgIpc) is 2.92. The first kappa shape index (κ1) is 19.0. The molecule has 6 nitrogen and oxygen atoms in total. The lowest BCUT2D eigenvalue weighted by atomic mass is 10.1. The van der Waals surface area contributed by atoms with Gasteiger partial charge < -0.3 is 0 Å². The highest BCUT2D eigenvalue weighted by Crippen LogP contribution is 2.26. The first-order valence-corrected chi connectivity index (χ1v) is 10.9. The number of hydrogen-bond acceptors (Lipinski definition) is 5. The van der Waals surface area contributed by atoms with E-state index >= 15 is 0 Å². The van der Waals surface area contributed by atoms with Gasteiger partial charge in [0.1, 0.15) is 0 Å². The number of hydrogen-bond donors (Lipinski definition) is 1. The third-order valence-electron chi connectivity index (χ3n) is 4.69. The number of sulfonamides is 1. The zero-order valence-electron chi connectivity index (χ0n) is 15.2. The Hall–Kier alpha value is -1.77. The van der Waals surface area contributed by atoms with Gasteiger partial charge in [0.25, 0.3) is 5.91 Å². The first-order valence-electron chi connectivity index (χ1n) is 8.66. The van der Waals surface area contributed by atoms with E-state index in [9.17, 15) is 13.2 Å². The Balaban J connectivity index is 1.84. The number of rotatable bonds is 4. The van der Waals surface area contributed by atoms with Crippen molar-refractivity contribution >= 4 is 32.4 Å². The fraction of sp³-hybridized carbons (Fsp3) is 0.444. The van der Waals surface area contributed by atoms with Crippen LogP contribution in [0.25, 0.3) is 0 Å². The van der Waals surface area contributed by atoms with Gasteiger partial charge in [-0.05, 0) is 51.8 Å². The van der Waals surface area contributed by atoms with Crippen LogP contribution in [0.15, 0.2) is 29.2 Å². The molecule has 1 aliphatic rings. The molecule has 3 rings (SSSR count). The number of benzene rings is 1. The van der Waals surface area contributed by atoms with Gasteiger partial charge in [-0.25, -0.2) is 13.4 Å². The van der Waals surface area contributed by atoms with Gasteiger partial charge in [0.2, 0.25) is 10.0 Å². The minimum atomic E-state index is -3.60. The molecule has 140 valence electrons. The normalized spacial score (nSPS) is 18.7. The molecule has 8 heteroatoms. The van der Waals surface area contributed by atoms with Crippen LogP contribution in [0.2, 0.25) is 0 Å². The molecule has 1 saturated heterocycles. The molecule has 1 fully saturated rings. The minimum Gasteiger partial charge on any atom is -0.298 e. The highest BCUT2D eigenvalue weighted by atomic mass is 32.2. The lowest BCUT2D eigenvalue weighted by Crippen LogP contribution is -2.41. The van der Waals surface area contributed by atoms with Crippen molar-refractivity contribution < 1.29 is 13.2 Å². The quantitative estimate of drug-likeness (QED) is 0.861. The van der Waals surface area contributed by atoms with E-state index in [1.165, 1.54) is 17.4 Å². The number of amides is 1. The van der Waals surface area contributed by atoms with Gasteiger partial charge in [0.05, 0.1) is 10.6 Å². The number of nitrogens with zero attached hydrogens (tertiary/aromatic N) is 2. The van der Waals surface area contributed by atoms with Crippen LogP contribution >= 0.6 is 11.3 Å². The molecule has 1 unspecified atom stereocenters. The monoisotopic (exact) mass is 393 g/mol. The molecule has 2 heterocycles. The van der Waals surface area contributed by atoms with Crippen LogP contribution in [0.4, 0.5) is 5.13 Å². The molecule has 26 heavy (non-hydrogen) atoms. The number of carbonyl (C=O) groups is 1. The number of aromatic nitrogens is 1. The van der Waals surface area contributed by atoms with E-state index in [-0.39, 0.29) is 16.8 Å². The first-order chi connectivity index (χ1) is 12.3. The van der Waals surface area contributed by atoms with Gasteiger partial charge in [0, 0.05) is 23.0 Å². The summed E-state index contributed by atoms with van der Waals surface area (Å²) < 4.78 is 27.5. The molecule has 0 bridgehead atoms. The summed E-state index contributed by atoms with van der Waals surface area (Å²) in [6.45, 7) is 6.28. The maximum atomic E-state index is 13.0. The Kier molecular flexibility index (Phi) is 5.45. The fourth-order valence-corrected chi connectivity index (χ4v) is 5.61. The van der Waals surface area contributed by atoms with Gasteiger partial charge in [0.15, 0.2) is 5.13 Å². The lowest BCUT2D eigenvalue weighted by Gasteiger charge is -2.32. The molecule has 0 spiro atoms. The van der Waals surface area contributed by atoms with Crippen molar-refractivity contribution in [1.82, 2.24) is 9.29 Å². The predicted octanol–water partition coefficient (Wildman–Crippen LogP) is 3.58. The number of aryl methyl sites for hydroxylation is 2. The van der Waals surface area contributed by atoms with Crippen molar-refractivity contribution in [2.75, 3.05) is 11.9 Å². The van der Waals surface area contributed by atoms with E-state index in [1.807, 2.05) is 20.8 Å². The van der Waals surface area contributed by atoms with Crippen LogP contribution in [-0.4, -0.2) is 36.2 Å². The van der Waals surface area contributed by atoms with Crippen LogP contribution < -0.4 is 5.32 Å². The van der Waals surface area contributed by atoms with E-state index in [1.54, 1.807) is 22.5 Å². The summed E-state index contributed by atoms with van der Waals surface area (Å²) in [7, 11) is -3.60. The van der Waals surface area contributed by atoms with Crippen LogP contribution in [0.5, 0.6) is 0 Å². The van der Waals surface area contributed by atoms with Gasteiger partial charge in [-0.2, -0.15) is 4.31 Å². The number of thiazole rings is 1. The van der Waals surface area contributed by atoms with Crippen LogP contribution in [-0.2, 0) is 10.0 Å². The molecule has 0 aliphatic carbocycles. The van der Waals surface area contributed by atoms with E-state index in [2.05, 4.69) is 10.3 Å². The van der Waals surface area contributed by atoms with Crippen molar-refractivity contribution in [2.24, 2.45) is 0 Å². The number of piperidine rings is 1. The summed E-state index contributed by atoms with van der Waals surface area (Å²) in [5.41, 5.74) is 1.18. The SMILES string of the molecule is Cc1nc(NC(=O)c2cccc(S(=O)(=O)N3CCCCC3C)c2)sc1C. The number of carbonyl (C=O) groups excluding carboxylic acids is 1. The summed E-state index contributed by atoms with van der Waals surface area (Å²) in [6.07, 6.45) is 2.77. The Morgan fingerprint density at radius 1 is 1.31 bits per heavy atom. The molecular weight excluding hydrogens is 370 g/mol. The Bertz CT molecular complexity index is 902. The van der Waals surface area contributed by atoms with Crippen LogP contribution in [0.3, 0.4) is 0 Å². The van der Waals surface area contributed by atoms with Crippen molar-refractivity contribution in [3.8, 4) is 0 Å².